The van der Waals surface area contributed by atoms with Crippen LogP contribution in [0.25, 0.3) is 0 Å². The highest BCUT2D eigenvalue weighted by molar-refractivity contribution is 5.83. The van der Waals surface area contributed by atoms with Crippen LogP contribution >= 0.6 is 0 Å². The minimum absolute atomic E-state index is 0.0211. The van der Waals surface area contributed by atoms with E-state index in [1.807, 2.05) is 11.8 Å². The van der Waals surface area contributed by atoms with Gasteiger partial charge < -0.3 is 15.3 Å². The van der Waals surface area contributed by atoms with Crippen molar-refractivity contribution in [2.24, 2.45) is 5.92 Å². The van der Waals surface area contributed by atoms with E-state index in [0.29, 0.717) is 37.9 Å². The normalized spacial score (nSPS) is 22.5. The molecule has 138 valence electrons. The molecule has 1 aliphatic heterocycles. The number of carbonyl (C=O) groups excluding carboxylic acids is 2. The number of amides is 2. The average Bonchev–Trinajstić information content (AvgIpc) is 2.55. The molecule has 0 bridgehead atoms. The van der Waals surface area contributed by atoms with Crippen LogP contribution < -0.4 is 5.32 Å². The molecule has 1 saturated heterocycles. The van der Waals surface area contributed by atoms with Crippen LogP contribution in [0.15, 0.2) is 0 Å². The molecule has 0 radical (unpaired) electrons. The number of hydrogen-bond donors (Lipinski definition) is 2. The molecule has 2 fully saturated rings. The quantitative estimate of drug-likeness (QED) is 0.809. The number of aliphatic hydroxyl groups excluding tert-OH is 1. The Bertz CT molecular complexity index is 395. The van der Waals surface area contributed by atoms with Gasteiger partial charge in [-0.3, -0.25) is 9.59 Å². The molecule has 1 aliphatic carbocycles. The fraction of sp³-hybridized carbons (Fsp3) is 0.895. The highest BCUT2D eigenvalue weighted by atomic mass is 16.3. The van der Waals surface area contributed by atoms with Gasteiger partial charge in [-0.25, -0.2) is 0 Å². The second-order valence-corrected chi connectivity index (χ2v) is 7.57. The van der Waals surface area contributed by atoms with Crippen molar-refractivity contribution in [1.29, 1.82) is 0 Å². The first-order valence-electron chi connectivity index (χ1n) is 9.81. The zero-order valence-electron chi connectivity index (χ0n) is 15.1. The Morgan fingerprint density at radius 2 is 1.58 bits per heavy atom. The van der Waals surface area contributed by atoms with Gasteiger partial charge in [0.2, 0.25) is 11.8 Å². The molecule has 5 nitrogen and oxygen atoms in total. The Morgan fingerprint density at radius 3 is 2.17 bits per heavy atom. The molecule has 2 aliphatic rings. The van der Waals surface area contributed by atoms with Crippen molar-refractivity contribution in [1.82, 2.24) is 10.2 Å². The zero-order valence-corrected chi connectivity index (χ0v) is 15.1. The summed E-state index contributed by atoms with van der Waals surface area (Å²) in [6.45, 7) is 3.24. The molecule has 24 heavy (non-hydrogen) atoms. The maximum Gasteiger partial charge on any atom is 0.223 e. The van der Waals surface area contributed by atoms with Gasteiger partial charge in [-0.1, -0.05) is 32.1 Å². The number of nitrogens with one attached hydrogen (secondary N) is 1. The molecule has 2 amide bonds. The lowest BCUT2D eigenvalue weighted by molar-refractivity contribution is -0.135. The number of carbonyl (C=O) groups is 2. The summed E-state index contributed by atoms with van der Waals surface area (Å²) in [5.41, 5.74) is 0. The Labute approximate surface area is 146 Å². The summed E-state index contributed by atoms with van der Waals surface area (Å²) in [5, 5.41) is 12.7. The molecule has 0 aromatic heterocycles. The van der Waals surface area contributed by atoms with Crippen LogP contribution in [-0.2, 0) is 9.59 Å². The van der Waals surface area contributed by atoms with Crippen molar-refractivity contribution in [2.45, 2.75) is 89.7 Å². The van der Waals surface area contributed by atoms with E-state index in [0.717, 1.165) is 25.7 Å². The number of likely N-dealkylation sites (tertiary alicyclic amines) is 1. The molecule has 5 heteroatoms. The third kappa shape index (κ3) is 6.42. The monoisotopic (exact) mass is 338 g/mol. The lowest BCUT2D eigenvalue weighted by Gasteiger charge is -2.33. The standard InChI is InChI=1S/C19H34N2O3/c1-15(22)16-11-13-21(14-12-16)19(24)10-9-18(23)20-17-7-5-3-2-4-6-8-17/h15-17,22H,2-14H2,1H3,(H,20,23)/t15-/m1/s1. The maximum absolute atomic E-state index is 12.3. The minimum atomic E-state index is -0.295. The summed E-state index contributed by atoms with van der Waals surface area (Å²) >= 11 is 0. The fourth-order valence-electron chi connectivity index (χ4n) is 3.91. The number of hydrogen-bond acceptors (Lipinski definition) is 3. The van der Waals surface area contributed by atoms with E-state index < -0.39 is 0 Å². The summed E-state index contributed by atoms with van der Waals surface area (Å²) in [6, 6.07) is 0.301. The first-order chi connectivity index (χ1) is 11.6. The van der Waals surface area contributed by atoms with Gasteiger partial charge in [0.15, 0.2) is 0 Å². The highest BCUT2D eigenvalue weighted by Gasteiger charge is 2.25. The van der Waals surface area contributed by atoms with E-state index >= 15 is 0 Å². The molecule has 1 heterocycles. The molecule has 0 aromatic rings. The largest absolute Gasteiger partial charge is 0.393 e. The Hall–Kier alpha value is -1.10. The zero-order chi connectivity index (χ0) is 17.4. The summed E-state index contributed by atoms with van der Waals surface area (Å²) in [6.07, 6.45) is 10.4. The van der Waals surface area contributed by atoms with Crippen molar-refractivity contribution in [3.05, 3.63) is 0 Å². The summed E-state index contributed by atoms with van der Waals surface area (Å²) in [7, 11) is 0. The van der Waals surface area contributed by atoms with Crippen LogP contribution in [0, 0.1) is 5.92 Å². The van der Waals surface area contributed by atoms with Gasteiger partial charge in [0.1, 0.15) is 0 Å². The molecule has 0 unspecified atom stereocenters. The van der Waals surface area contributed by atoms with E-state index in [1.54, 1.807) is 0 Å². The Morgan fingerprint density at radius 1 is 1.00 bits per heavy atom. The number of aliphatic hydroxyl groups is 1. The number of nitrogens with zero attached hydrogens (tertiary/aromatic N) is 1. The van der Waals surface area contributed by atoms with Crippen molar-refractivity contribution in [2.75, 3.05) is 13.1 Å². The fourth-order valence-corrected chi connectivity index (χ4v) is 3.91. The first-order valence-corrected chi connectivity index (χ1v) is 9.81. The molecule has 0 aromatic carbocycles. The first kappa shape index (κ1) is 19.2. The van der Waals surface area contributed by atoms with E-state index in [9.17, 15) is 14.7 Å². The summed E-state index contributed by atoms with van der Waals surface area (Å²) < 4.78 is 0. The van der Waals surface area contributed by atoms with Crippen LogP contribution in [-0.4, -0.2) is 47.1 Å². The van der Waals surface area contributed by atoms with Gasteiger partial charge >= 0.3 is 0 Å². The van der Waals surface area contributed by atoms with Crippen LogP contribution in [0.4, 0.5) is 0 Å². The van der Waals surface area contributed by atoms with E-state index in [4.69, 9.17) is 0 Å². The van der Waals surface area contributed by atoms with Crippen LogP contribution in [0.2, 0.25) is 0 Å². The predicted octanol–water partition coefficient (Wildman–Crippen LogP) is 2.62. The van der Waals surface area contributed by atoms with Crippen LogP contribution in [0.5, 0.6) is 0 Å². The second kappa shape index (κ2) is 10.0. The van der Waals surface area contributed by atoms with Gasteiger partial charge in [0.05, 0.1) is 6.10 Å². The molecule has 2 rings (SSSR count). The lowest BCUT2D eigenvalue weighted by atomic mass is 9.92. The topological polar surface area (TPSA) is 69.6 Å². The maximum atomic E-state index is 12.3. The van der Waals surface area contributed by atoms with Gasteiger partial charge in [0, 0.05) is 32.0 Å². The third-order valence-corrected chi connectivity index (χ3v) is 5.61. The van der Waals surface area contributed by atoms with Crippen molar-refractivity contribution in [3.8, 4) is 0 Å². The third-order valence-electron chi connectivity index (χ3n) is 5.61. The Kier molecular flexibility index (Phi) is 8.03. The van der Waals surface area contributed by atoms with Gasteiger partial charge in [-0.05, 0) is 38.5 Å². The Balaban J connectivity index is 1.65. The smallest absolute Gasteiger partial charge is 0.223 e. The van der Waals surface area contributed by atoms with Crippen LogP contribution in [0.3, 0.4) is 0 Å². The van der Waals surface area contributed by atoms with Crippen molar-refractivity contribution in [3.63, 3.8) is 0 Å². The van der Waals surface area contributed by atoms with Crippen molar-refractivity contribution < 1.29 is 14.7 Å². The van der Waals surface area contributed by atoms with Gasteiger partial charge in [-0.15, -0.1) is 0 Å². The van der Waals surface area contributed by atoms with Gasteiger partial charge in [-0.2, -0.15) is 0 Å². The SMILES string of the molecule is C[C@@H](O)C1CCN(C(=O)CCC(=O)NC2CCCCCCC2)CC1. The van der Waals surface area contributed by atoms with E-state index in [1.165, 1.54) is 32.1 Å². The molecular formula is C19H34N2O3. The van der Waals surface area contributed by atoms with E-state index in [2.05, 4.69) is 5.32 Å². The molecule has 1 atom stereocenters. The number of rotatable bonds is 5. The number of piperidine rings is 1. The molecule has 0 spiro atoms. The van der Waals surface area contributed by atoms with E-state index in [-0.39, 0.29) is 17.9 Å². The van der Waals surface area contributed by atoms with Crippen LogP contribution in [0.1, 0.15) is 77.6 Å². The van der Waals surface area contributed by atoms with Gasteiger partial charge in [0.25, 0.3) is 0 Å². The predicted molar refractivity (Wildman–Crippen MR) is 94.5 cm³/mol. The van der Waals surface area contributed by atoms with Crippen molar-refractivity contribution >= 4 is 11.8 Å². The average molecular weight is 338 g/mol. The lowest BCUT2D eigenvalue weighted by Crippen LogP contribution is -2.41. The molecule has 1 saturated carbocycles. The summed E-state index contributed by atoms with van der Waals surface area (Å²) in [4.78, 5) is 26.2. The molecule has 2 N–H and O–H groups in total. The minimum Gasteiger partial charge on any atom is -0.393 e. The molecular weight excluding hydrogens is 304 g/mol. The summed E-state index contributed by atoms with van der Waals surface area (Å²) in [5.74, 6) is 0.399. The second-order valence-electron chi connectivity index (χ2n) is 7.57. The highest BCUT2D eigenvalue weighted by Crippen LogP contribution is 2.21.